The van der Waals surface area contributed by atoms with E-state index in [1.807, 2.05) is 48.5 Å². The van der Waals surface area contributed by atoms with Crippen LogP contribution in [0.5, 0.6) is 0 Å². The van der Waals surface area contributed by atoms with Crippen molar-refractivity contribution in [3.8, 4) is 0 Å². The van der Waals surface area contributed by atoms with Crippen molar-refractivity contribution in [3.63, 3.8) is 0 Å². The molecule has 0 bridgehead atoms. The third-order valence-corrected chi connectivity index (χ3v) is 4.76. The summed E-state index contributed by atoms with van der Waals surface area (Å²) in [6.45, 7) is 0.543. The summed E-state index contributed by atoms with van der Waals surface area (Å²) in [4.78, 5) is 12.9. The Morgan fingerprint density at radius 2 is 1.09 bits per heavy atom. The van der Waals surface area contributed by atoms with E-state index < -0.39 is 0 Å². The van der Waals surface area contributed by atoms with Gasteiger partial charge < -0.3 is 11.5 Å². The largest absolute Gasteiger partial charge is 0.329 e. The molecule has 0 heterocycles. The first-order valence-electron chi connectivity index (χ1n) is 7.01. The van der Waals surface area contributed by atoms with Gasteiger partial charge in [-0.15, -0.1) is 0 Å². The number of benzene rings is 2. The van der Waals surface area contributed by atoms with Gasteiger partial charge in [0.15, 0.2) is 0 Å². The fourth-order valence-electron chi connectivity index (χ4n) is 2.47. The Morgan fingerprint density at radius 1 is 0.773 bits per heavy atom. The van der Waals surface area contributed by atoms with Gasteiger partial charge in [0.05, 0.1) is 11.8 Å². The zero-order valence-electron chi connectivity index (χ0n) is 12.0. The Hall–Kier alpha value is -1.01. The first kappa shape index (κ1) is 17.3. The molecule has 3 nitrogen and oxygen atoms in total. The van der Waals surface area contributed by atoms with Crippen LogP contribution in [-0.4, -0.2) is 18.9 Å². The van der Waals surface area contributed by atoms with Gasteiger partial charge in [0.25, 0.3) is 0 Å². The first-order chi connectivity index (χ1) is 10.6. The molecule has 0 saturated carbocycles. The van der Waals surface area contributed by atoms with Gasteiger partial charge in [0, 0.05) is 22.0 Å². The summed E-state index contributed by atoms with van der Waals surface area (Å²) in [5, 5.41) is 0. The summed E-state index contributed by atoms with van der Waals surface area (Å²) in [7, 11) is 0. The average Bonchev–Trinajstić information content (AvgIpc) is 2.52. The molecule has 2 unspecified atom stereocenters. The third-order valence-electron chi connectivity index (χ3n) is 3.70. The maximum atomic E-state index is 12.9. The van der Waals surface area contributed by atoms with Gasteiger partial charge in [-0.1, -0.05) is 56.1 Å². The summed E-state index contributed by atoms with van der Waals surface area (Å²) in [6, 6.07) is 15.4. The lowest BCUT2D eigenvalue weighted by Crippen LogP contribution is -2.30. The van der Waals surface area contributed by atoms with Crippen LogP contribution in [-0.2, 0) is 4.79 Å². The van der Waals surface area contributed by atoms with Gasteiger partial charge in [-0.3, -0.25) is 4.79 Å². The number of ketones is 1. The van der Waals surface area contributed by atoms with Crippen LogP contribution in [0.2, 0.25) is 0 Å². The molecule has 116 valence electrons. The number of rotatable bonds is 6. The van der Waals surface area contributed by atoms with E-state index in [1.165, 1.54) is 0 Å². The second-order valence-electron chi connectivity index (χ2n) is 5.08. The predicted octanol–water partition coefficient (Wildman–Crippen LogP) is 3.57. The maximum absolute atomic E-state index is 12.9. The van der Waals surface area contributed by atoms with E-state index in [9.17, 15) is 4.79 Å². The summed E-state index contributed by atoms with van der Waals surface area (Å²) in [5.74, 6) is -0.620. The number of hydrogen-bond acceptors (Lipinski definition) is 3. The van der Waals surface area contributed by atoms with Crippen LogP contribution < -0.4 is 11.5 Å². The topological polar surface area (TPSA) is 69.1 Å². The number of carbonyl (C=O) groups is 1. The minimum Gasteiger partial charge on any atom is -0.329 e. The molecule has 2 atom stereocenters. The molecule has 2 aromatic carbocycles. The van der Waals surface area contributed by atoms with Gasteiger partial charge in [-0.2, -0.15) is 0 Å². The SMILES string of the molecule is NCC(C(=O)C(CN)c1ccc(Br)cc1)c1ccc(Br)cc1. The molecule has 0 aromatic heterocycles. The predicted molar refractivity (Wildman–Crippen MR) is 96.9 cm³/mol. The van der Waals surface area contributed by atoms with E-state index in [1.54, 1.807) is 0 Å². The number of carbonyl (C=O) groups excluding carboxylic acids is 1. The highest BCUT2D eigenvalue weighted by atomic mass is 79.9. The number of nitrogens with two attached hydrogens (primary N) is 2. The van der Waals surface area contributed by atoms with Crippen molar-refractivity contribution in [1.82, 2.24) is 0 Å². The van der Waals surface area contributed by atoms with Crippen molar-refractivity contribution < 1.29 is 4.79 Å². The fraction of sp³-hybridized carbons (Fsp3) is 0.235. The fourth-order valence-corrected chi connectivity index (χ4v) is 2.99. The summed E-state index contributed by atoms with van der Waals surface area (Å²) < 4.78 is 1.95. The lowest BCUT2D eigenvalue weighted by Gasteiger charge is -2.21. The van der Waals surface area contributed by atoms with Gasteiger partial charge in [-0.05, 0) is 35.4 Å². The van der Waals surface area contributed by atoms with Crippen molar-refractivity contribution in [2.24, 2.45) is 11.5 Å². The van der Waals surface area contributed by atoms with Crippen molar-refractivity contribution in [2.45, 2.75) is 11.8 Å². The Bertz CT molecular complexity index is 571. The summed E-state index contributed by atoms with van der Waals surface area (Å²) in [6.07, 6.45) is 0. The lowest BCUT2D eigenvalue weighted by molar-refractivity contribution is -0.121. The zero-order valence-corrected chi connectivity index (χ0v) is 15.2. The first-order valence-corrected chi connectivity index (χ1v) is 8.60. The highest BCUT2D eigenvalue weighted by molar-refractivity contribution is 9.10. The molecule has 2 rings (SSSR count). The number of hydrogen-bond donors (Lipinski definition) is 2. The monoisotopic (exact) mass is 424 g/mol. The van der Waals surface area contributed by atoms with E-state index in [0.29, 0.717) is 0 Å². The quantitative estimate of drug-likeness (QED) is 0.743. The second-order valence-corrected chi connectivity index (χ2v) is 6.91. The van der Waals surface area contributed by atoms with Crippen LogP contribution in [0.1, 0.15) is 23.0 Å². The highest BCUT2D eigenvalue weighted by Crippen LogP contribution is 2.27. The van der Waals surface area contributed by atoms with E-state index in [4.69, 9.17) is 11.5 Å². The van der Waals surface area contributed by atoms with Gasteiger partial charge in [0.2, 0.25) is 0 Å². The van der Waals surface area contributed by atoms with Crippen molar-refractivity contribution in [2.75, 3.05) is 13.1 Å². The Morgan fingerprint density at radius 3 is 1.36 bits per heavy atom. The molecule has 0 saturated heterocycles. The van der Waals surface area contributed by atoms with Gasteiger partial charge in [-0.25, -0.2) is 0 Å². The smallest absolute Gasteiger partial charge is 0.150 e. The Kier molecular flexibility index (Phi) is 6.32. The minimum atomic E-state index is -0.342. The molecule has 0 fully saturated rings. The molecule has 0 spiro atoms. The number of halogens is 2. The molecule has 2 aromatic rings. The van der Waals surface area contributed by atoms with Crippen LogP contribution >= 0.6 is 31.9 Å². The van der Waals surface area contributed by atoms with Crippen LogP contribution in [0.15, 0.2) is 57.5 Å². The van der Waals surface area contributed by atoms with E-state index in [2.05, 4.69) is 31.9 Å². The molecule has 0 aliphatic heterocycles. The average molecular weight is 426 g/mol. The van der Waals surface area contributed by atoms with Crippen LogP contribution in [0.25, 0.3) is 0 Å². The Labute approximate surface area is 147 Å². The second kappa shape index (κ2) is 8.02. The standard InChI is InChI=1S/C17H18Br2N2O/c18-13-5-1-11(2-6-13)15(9-20)17(22)16(10-21)12-3-7-14(19)8-4-12/h1-8,15-16H,9-10,20-21H2. The minimum absolute atomic E-state index is 0.0645. The van der Waals surface area contributed by atoms with Gasteiger partial charge in [0.1, 0.15) is 5.78 Å². The molecule has 0 aliphatic rings. The van der Waals surface area contributed by atoms with Crippen molar-refractivity contribution in [1.29, 1.82) is 0 Å². The van der Waals surface area contributed by atoms with Crippen molar-refractivity contribution >= 4 is 37.6 Å². The lowest BCUT2D eigenvalue weighted by atomic mass is 9.84. The summed E-state index contributed by atoms with van der Waals surface area (Å²) in [5.41, 5.74) is 13.6. The molecule has 22 heavy (non-hydrogen) atoms. The third kappa shape index (κ3) is 4.04. The van der Waals surface area contributed by atoms with Crippen LogP contribution in [0.4, 0.5) is 0 Å². The Balaban J connectivity index is 2.29. The molecule has 5 heteroatoms. The maximum Gasteiger partial charge on any atom is 0.150 e. The molecule has 0 radical (unpaired) electrons. The number of Topliss-reactive ketones (excluding diaryl/α,β-unsaturated/α-hetero) is 1. The molecular weight excluding hydrogens is 408 g/mol. The van der Waals surface area contributed by atoms with Crippen LogP contribution in [0, 0.1) is 0 Å². The van der Waals surface area contributed by atoms with Crippen molar-refractivity contribution in [3.05, 3.63) is 68.6 Å². The van der Waals surface area contributed by atoms with E-state index >= 15 is 0 Å². The van der Waals surface area contributed by atoms with Crippen LogP contribution in [0.3, 0.4) is 0 Å². The van der Waals surface area contributed by atoms with E-state index in [-0.39, 0.29) is 30.7 Å². The zero-order chi connectivity index (χ0) is 16.1. The molecule has 4 N–H and O–H groups in total. The highest BCUT2D eigenvalue weighted by Gasteiger charge is 2.27. The molecule has 0 amide bonds. The normalized spacial score (nSPS) is 13.6. The van der Waals surface area contributed by atoms with E-state index in [0.717, 1.165) is 20.1 Å². The molecule has 0 aliphatic carbocycles. The van der Waals surface area contributed by atoms with Gasteiger partial charge >= 0.3 is 0 Å². The molecular formula is C17H18Br2N2O. The summed E-state index contributed by atoms with van der Waals surface area (Å²) >= 11 is 6.80.